The van der Waals surface area contributed by atoms with Crippen molar-refractivity contribution in [2.45, 2.75) is 59.3 Å². The van der Waals surface area contributed by atoms with Gasteiger partial charge in [-0.3, -0.25) is 4.79 Å². The van der Waals surface area contributed by atoms with E-state index in [2.05, 4.69) is 42.3 Å². The quantitative estimate of drug-likeness (QED) is 0.597. The van der Waals surface area contributed by atoms with Crippen LogP contribution < -0.4 is 10.1 Å². The van der Waals surface area contributed by atoms with Gasteiger partial charge in [-0.1, -0.05) is 50.2 Å². The first-order chi connectivity index (χ1) is 16.0. The van der Waals surface area contributed by atoms with Crippen LogP contribution in [0.1, 0.15) is 43.6 Å². The fourth-order valence-electron chi connectivity index (χ4n) is 4.43. The van der Waals surface area contributed by atoms with Gasteiger partial charge in [-0.05, 0) is 37.0 Å². The van der Waals surface area contributed by atoms with Crippen molar-refractivity contribution < 1.29 is 9.53 Å². The molecular weight excluding hydrogens is 412 g/mol. The van der Waals surface area contributed by atoms with Crippen LogP contribution in [0, 0.1) is 12.8 Å². The Morgan fingerprint density at radius 3 is 2.67 bits per heavy atom. The summed E-state index contributed by atoms with van der Waals surface area (Å²) in [5.74, 6) is 2.38. The first-order valence-electron chi connectivity index (χ1n) is 11.8. The summed E-state index contributed by atoms with van der Waals surface area (Å²) < 4.78 is 8.36. The SMILES string of the molecule is Cc1nccn1CCC(=O)N1Cc2ccccc2NCc2ccccc2OC[C@@H]1CC(C)C. The molecule has 0 spiro atoms. The van der Waals surface area contributed by atoms with Gasteiger partial charge in [0.15, 0.2) is 0 Å². The van der Waals surface area contributed by atoms with E-state index in [0.29, 0.717) is 38.6 Å². The number of nitrogens with one attached hydrogen (secondary N) is 1. The van der Waals surface area contributed by atoms with E-state index >= 15 is 0 Å². The standard InChI is InChI=1S/C27H34N4O2/c1-20(2)16-24-19-33-26-11-7-5-8-22(26)17-29-25-10-6-4-9-23(25)18-31(24)27(32)12-14-30-15-13-28-21(30)3/h4-11,13,15,20,24,29H,12,14,16-19H2,1-3H3/t24-/m0/s1. The fraction of sp³-hybridized carbons (Fsp3) is 0.407. The molecule has 4 rings (SSSR count). The number of imidazole rings is 1. The van der Waals surface area contributed by atoms with Crippen molar-refractivity contribution >= 4 is 11.6 Å². The summed E-state index contributed by atoms with van der Waals surface area (Å²) in [7, 11) is 0. The molecule has 1 aliphatic heterocycles. The van der Waals surface area contributed by atoms with Crippen molar-refractivity contribution in [2.75, 3.05) is 11.9 Å². The van der Waals surface area contributed by atoms with E-state index in [9.17, 15) is 4.79 Å². The summed E-state index contributed by atoms with van der Waals surface area (Å²) in [6, 6.07) is 16.4. The predicted octanol–water partition coefficient (Wildman–Crippen LogP) is 5.03. The topological polar surface area (TPSA) is 59.4 Å². The number of aryl methyl sites for hydroxylation is 2. The molecule has 0 radical (unpaired) electrons. The molecule has 1 atom stereocenters. The van der Waals surface area contributed by atoms with Crippen LogP contribution in [0.25, 0.3) is 0 Å². The molecule has 2 heterocycles. The van der Waals surface area contributed by atoms with Crippen LogP contribution in [0.3, 0.4) is 0 Å². The van der Waals surface area contributed by atoms with Gasteiger partial charge in [0.1, 0.15) is 18.2 Å². The van der Waals surface area contributed by atoms with Gasteiger partial charge >= 0.3 is 0 Å². The Hall–Kier alpha value is -3.28. The highest BCUT2D eigenvalue weighted by Gasteiger charge is 2.27. The van der Waals surface area contributed by atoms with E-state index in [0.717, 1.165) is 34.8 Å². The maximum absolute atomic E-state index is 13.6. The van der Waals surface area contributed by atoms with Gasteiger partial charge in [0.25, 0.3) is 0 Å². The normalized spacial score (nSPS) is 16.2. The minimum atomic E-state index is -0.0133. The molecule has 0 bridgehead atoms. The number of aromatic nitrogens is 2. The number of benzene rings is 2. The molecule has 1 aliphatic rings. The van der Waals surface area contributed by atoms with Crippen LogP contribution in [-0.4, -0.2) is 33.0 Å². The Labute approximate surface area is 196 Å². The van der Waals surface area contributed by atoms with Crippen molar-refractivity contribution in [1.29, 1.82) is 0 Å². The summed E-state index contributed by atoms with van der Waals surface area (Å²) in [4.78, 5) is 19.9. The summed E-state index contributed by atoms with van der Waals surface area (Å²) in [5.41, 5.74) is 3.30. The van der Waals surface area contributed by atoms with Crippen LogP contribution in [-0.2, 0) is 24.4 Å². The van der Waals surface area contributed by atoms with Gasteiger partial charge in [-0.2, -0.15) is 0 Å². The number of hydrogen-bond acceptors (Lipinski definition) is 4. The lowest BCUT2D eigenvalue weighted by molar-refractivity contribution is -0.135. The molecule has 6 heteroatoms. The van der Waals surface area contributed by atoms with Gasteiger partial charge < -0.3 is 19.5 Å². The van der Waals surface area contributed by atoms with Gasteiger partial charge in [0, 0.05) is 49.7 Å². The number of nitrogens with zero attached hydrogens (tertiary/aromatic N) is 3. The second kappa shape index (κ2) is 10.6. The molecule has 3 aromatic rings. The Balaban J connectivity index is 1.66. The number of hydrogen-bond donors (Lipinski definition) is 1. The Bertz CT molecular complexity index is 1080. The Kier molecular flexibility index (Phi) is 7.33. The molecule has 0 saturated heterocycles. The Morgan fingerprint density at radius 1 is 1.15 bits per heavy atom. The number of carbonyl (C=O) groups is 1. The summed E-state index contributed by atoms with van der Waals surface area (Å²) in [5, 5.41) is 3.56. The van der Waals surface area contributed by atoms with Gasteiger partial charge in [0.2, 0.25) is 5.91 Å². The van der Waals surface area contributed by atoms with E-state index < -0.39 is 0 Å². The fourth-order valence-corrected chi connectivity index (χ4v) is 4.43. The number of para-hydroxylation sites is 2. The average Bonchev–Trinajstić information content (AvgIpc) is 3.21. The third-order valence-electron chi connectivity index (χ3n) is 6.23. The van der Waals surface area contributed by atoms with E-state index in [4.69, 9.17) is 4.74 Å². The number of fused-ring (bicyclic) bond motifs is 2. The van der Waals surface area contributed by atoms with E-state index in [1.165, 1.54) is 0 Å². The smallest absolute Gasteiger partial charge is 0.225 e. The average molecular weight is 447 g/mol. The molecule has 1 aromatic heterocycles. The van der Waals surface area contributed by atoms with Gasteiger partial charge in [-0.25, -0.2) is 4.98 Å². The molecule has 0 aliphatic carbocycles. The first kappa shape index (κ1) is 22.9. The molecule has 1 amide bonds. The highest BCUT2D eigenvalue weighted by atomic mass is 16.5. The molecule has 1 N–H and O–H groups in total. The van der Waals surface area contributed by atoms with Gasteiger partial charge in [-0.15, -0.1) is 0 Å². The van der Waals surface area contributed by atoms with E-state index in [1.54, 1.807) is 6.20 Å². The van der Waals surface area contributed by atoms with Crippen molar-refractivity contribution in [2.24, 2.45) is 5.92 Å². The maximum Gasteiger partial charge on any atom is 0.225 e. The zero-order valence-corrected chi connectivity index (χ0v) is 19.8. The molecular formula is C27H34N4O2. The largest absolute Gasteiger partial charge is 0.491 e. The lowest BCUT2D eigenvalue weighted by Crippen LogP contribution is -2.44. The molecule has 33 heavy (non-hydrogen) atoms. The lowest BCUT2D eigenvalue weighted by atomic mass is 10.0. The second-order valence-electron chi connectivity index (χ2n) is 9.15. The first-order valence-corrected chi connectivity index (χ1v) is 11.8. The van der Waals surface area contributed by atoms with Crippen LogP contribution in [0.15, 0.2) is 60.9 Å². The van der Waals surface area contributed by atoms with Crippen molar-refractivity contribution in [3.05, 3.63) is 77.9 Å². The molecule has 0 fully saturated rings. The minimum Gasteiger partial charge on any atom is -0.491 e. The highest BCUT2D eigenvalue weighted by Crippen LogP contribution is 2.27. The van der Waals surface area contributed by atoms with E-state index in [1.807, 2.05) is 52.9 Å². The molecule has 6 nitrogen and oxygen atoms in total. The van der Waals surface area contributed by atoms with Crippen LogP contribution in [0.2, 0.25) is 0 Å². The summed E-state index contributed by atoms with van der Waals surface area (Å²) in [6.45, 7) is 8.70. The maximum atomic E-state index is 13.6. The highest BCUT2D eigenvalue weighted by molar-refractivity contribution is 5.77. The zero-order valence-electron chi connectivity index (χ0n) is 19.8. The molecule has 0 saturated carbocycles. The summed E-state index contributed by atoms with van der Waals surface area (Å²) in [6.07, 6.45) is 5.02. The number of rotatable bonds is 5. The third-order valence-corrected chi connectivity index (χ3v) is 6.23. The second-order valence-corrected chi connectivity index (χ2v) is 9.15. The van der Waals surface area contributed by atoms with E-state index in [-0.39, 0.29) is 11.9 Å². The number of ether oxygens (including phenoxy) is 1. The lowest BCUT2D eigenvalue weighted by Gasteiger charge is -2.33. The predicted molar refractivity (Wildman–Crippen MR) is 131 cm³/mol. The van der Waals surface area contributed by atoms with Crippen LogP contribution in [0.5, 0.6) is 5.75 Å². The molecule has 174 valence electrons. The molecule has 0 unspecified atom stereocenters. The zero-order chi connectivity index (χ0) is 23.2. The van der Waals surface area contributed by atoms with Crippen LogP contribution >= 0.6 is 0 Å². The van der Waals surface area contributed by atoms with Crippen molar-refractivity contribution in [3.63, 3.8) is 0 Å². The number of carbonyl (C=O) groups excluding carboxylic acids is 1. The van der Waals surface area contributed by atoms with Crippen LogP contribution in [0.4, 0.5) is 5.69 Å². The molecule has 2 aromatic carbocycles. The number of anilines is 1. The summed E-state index contributed by atoms with van der Waals surface area (Å²) >= 11 is 0. The number of amides is 1. The monoisotopic (exact) mass is 446 g/mol. The van der Waals surface area contributed by atoms with Crippen molar-refractivity contribution in [3.8, 4) is 5.75 Å². The van der Waals surface area contributed by atoms with Gasteiger partial charge in [0.05, 0.1) is 6.04 Å². The Morgan fingerprint density at radius 2 is 1.91 bits per heavy atom. The minimum absolute atomic E-state index is 0.0133. The van der Waals surface area contributed by atoms with Crippen molar-refractivity contribution in [1.82, 2.24) is 14.5 Å². The third kappa shape index (κ3) is 5.75.